The Morgan fingerprint density at radius 2 is 2.10 bits per heavy atom. The average Bonchev–Trinajstić information content (AvgIpc) is 2.39. The highest BCUT2D eigenvalue weighted by Gasteiger charge is 2.31. The SMILES string of the molecule is COc1ccc(F)cc1NC(=O)CC1(O)CCCCC1. The molecular weight excluding hydrogens is 261 g/mol. The first-order valence-corrected chi connectivity index (χ1v) is 6.88. The summed E-state index contributed by atoms with van der Waals surface area (Å²) in [5.74, 6) is -0.369. The maximum Gasteiger partial charge on any atom is 0.227 e. The fourth-order valence-corrected chi connectivity index (χ4v) is 2.66. The Bertz CT molecular complexity index is 484. The maximum absolute atomic E-state index is 13.2. The van der Waals surface area contributed by atoms with Crippen LogP contribution in [-0.4, -0.2) is 23.7 Å². The first kappa shape index (κ1) is 14.8. The standard InChI is InChI=1S/C15H20FNO3/c1-20-13-6-5-11(16)9-12(13)17-14(18)10-15(19)7-3-2-4-8-15/h5-6,9,19H,2-4,7-8,10H2,1H3,(H,17,18). The zero-order valence-corrected chi connectivity index (χ0v) is 11.6. The normalized spacial score (nSPS) is 17.6. The molecule has 0 unspecified atom stereocenters. The number of anilines is 1. The Morgan fingerprint density at radius 1 is 1.40 bits per heavy atom. The van der Waals surface area contributed by atoms with Crippen molar-refractivity contribution in [3.05, 3.63) is 24.0 Å². The summed E-state index contributed by atoms with van der Waals surface area (Å²) in [6.07, 6.45) is 4.29. The summed E-state index contributed by atoms with van der Waals surface area (Å²) in [6.45, 7) is 0. The number of halogens is 1. The molecule has 2 rings (SSSR count). The number of hydrogen-bond acceptors (Lipinski definition) is 3. The van der Waals surface area contributed by atoms with Crippen LogP contribution in [0.25, 0.3) is 0 Å². The third-order valence-electron chi connectivity index (χ3n) is 3.71. The fraction of sp³-hybridized carbons (Fsp3) is 0.533. The summed E-state index contributed by atoms with van der Waals surface area (Å²) in [6, 6.07) is 3.94. The number of nitrogens with one attached hydrogen (secondary N) is 1. The van der Waals surface area contributed by atoms with Gasteiger partial charge in [0.1, 0.15) is 11.6 Å². The summed E-state index contributed by atoms with van der Waals surface area (Å²) in [7, 11) is 1.46. The molecule has 0 atom stereocenters. The summed E-state index contributed by atoms with van der Waals surface area (Å²) in [5, 5.41) is 12.9. The molecule has 0 aliphatic heterocycles. The molecule has 2 N–H and O–H groups in total. The van der Waals surface area contributed by atoms with Crippen LogP contribution in [0.3, 0.4) is 0 Å². The molecule has 0 spiro atoms. The summed E-state index contributed by atoms with van der Waals surface area (Å²) >= 11 is 0. The van der Waals surface area contributed by atoms with E-state index in [9.17, 15) is 14.3 Å². The van der Waals surface area contributed by atoms with Crippen molar-refractivity contribution in [3.8, 4) is 5.75 Å². The van der Waals surface area contributed by atoms with E-state index in [0.29, 0.717) is 18.6 Å². The molecule has 1 amide bonds. The summed E-state index contributed by atoms with van der Waals surface area (Å²) < 4.78 is 18.3. The Balaban J connectivity index is 2.02. The van der Waals surface area contributed by atoms with Gasteiger partial charge < -0.3 is 15.2 Å². The molecule has 0 aromatic heterocycles. The number of hydrogen-bond donors (Lipinski definition) is 2. The monoisotopic (exact) mass is 281 g/mol. The molecule has 0 radical (unpaired) electrons. The number of benzene rings is 1. The van der Waals surface area contributed by atoms with Gasteiger partial charge in [0, 0.05) is 6.07 Å². The minimum atomic E-state index is -0.928. The predicted molar refractivity (Wildman–Crippen MR) is 74.2 cm³/mol. The van der Waals surface area contributed by atoms with Crippen molar-refractivity contribution in [2.24, 2.45) is 0 Å². The van der Waals surface area contributed by atoms with Crippen molar-refractivity contribution in [1.29, 1.82) is 0 Å². The second-order valence-corrected chi connectivity index (χ2v) is 5.35. The Kier molecular flexibility index (Phi) is 4.60. The number of rotatable bonds is 4. The van der Waals surface area contributed by atoms with Crippen LogP contribution < -0.4 is 10.1 Å². The van der Waals surface area contributed by atoms with E-state index in [1.807, 2.05) is 0 Å². The largest absolute Gasteiger partial charge is 0.495 e. The van der Waals surface area contributed by atoms with Gasteiger partial charge in [0.25, 0.3) is 0 Å². The molecule has 4 nitrogen and oxygen atoms in total. The third kappa shape index (κ3) is 3.70. The molecule has 20 heavy (non-hydrogen) atoms. The number of carbonyl (C=O) groups is 1. The van der Waals surface area contributed by atoms with E-state index in [4.69, 9.17) is 4.74 Å². The molecule has 1 aromatic carbocycles. The minimum absolute atomic E-state index is 0.0344. The highest BCUT2D eigenvalue weighted by Crippen LogP contribution is 2.32. The van der Waals surface area contributed by atoms with Gasteiger partial charge in [-0.3, -0.25) is 4.79 Å². The van der Waals surface area contributed by atoms with E-state index in [0.717, 1.165) is 19.3 Å². The number of carbonyl (C=O) groups excluding carboxylic acids is 1. The predicted octanol–water partition coefficient (Wildman–Crippen LogP) is 2.86. The quantitative estimate of drug-likeness (QED) is 0.892. The van der Waals surface area contributed by atoms with E-state index in [2.05, 4.69) is 5.32 Å². The number of amides is 1. The number of methoxy groups -OCH3 is 1. The third-order valence-corrected chi connectivity index (χ3v) is 3.71. The molecule has 1 aliphatic rings. The smallest absolute Gasteiger partial charge is 0.227 e. The van der Waals surface area contributed by atoms with Crippen LogP contribution in [-0.2, 0) is 4.79 Å². The Morgan fingerprint density at radius 3 is 2.75 bits per heavy atom. The molecule has 0 bridgehead atoms. The second-order valence-electron chi connectivity index (χ2n) is 5.35. The zero-order chi connectivity index (χ0) is 14.6. The van der Waals surface area contributed by atoms with E-state index in [-0.39, 0.29) is 18.0 Å². The van der Waals surface area contributed by atoms with Crippen molar-refractivity contribution in [3.63, 3.8) is 0 Å². The molecule has 1 aliphatic carbocycles. The highest BCUT2D eigenvalue weighted by molar-refractivity contribution is 5.92. The van der Waals surface area contributed by atoms with Crippen LogP contribution in [0, 0.1) is 5.82 Å². The van der Waals surface area contributed by atoms with E-state index in [1.54, 1.807) is 0 Å². The maximum atomic E-state index is 13.2. The summed E-state index contributed by atoms with van der Waals surface area (Å²) in [5.41, 5.74) is -0.639. The van der Waals surface area contributed by atoms with Gasteiger partial charge in [-0.25, -0.2) is 4.39 Å². The van der Waals surface area contributed by atoms with Crippen LogP contribution >= 0.6 is 0 Å². The molecule has 0 saturated heterocycles. The fourth-order valence-electron chi connectivity index (χ4n) is 2.66. The molecular formula is C15H20FNO3. The zero-order valence-electron chi connectivity index (χ0n) is 11.6. The lowest BCUT2D eigenvalue weighted by atomic mass is 9.82. The van der Waals surface area contributed by atoms with Gasteiger partial charge in [0.05, 0.1) is 24.8 Å². The van der Waals surface area contributed by atoms with Gasteiger partial charge in [-0.15, -0.1) is 0 Å². The lowest BCUT2D eigenvalue weighted by Gasteiger charge is -2.31. The van der Waals surface area contributed by atoms with Gasteiger partial charge in [0.15, 0.2) is 0 Å². The van der Waals surface area contributed by atoms with Gasteiger partial charge in [-0.1, -0.05) is 19.3 Å². The number of ether oxygens (including phenoxy) is 1. The van der Waals surface area contributed by atoms with Gasteiger partial charge in [-0.05, 0) is 25.0 Å². The van der Waals surface area contributed by atoms with Crippen LogP contribution in [0.1, 0.15) is 38.5 Å². The van der Waals surface area contributed by atoms with Crippen LogP contribution in [0.4, 0.5) is 10.1 Å². The van der Waals surface area contributed by atoms with Crippen molar-refractivity contribution in [2.75, 3.05) is 12.4 Å². The van der Waals surface area contributed by atoms with Crippen LogP contribution in [0.2, 0.25) is 0 Å². The van der Waals surface area contributed by atoms with Gasteiger partial charge in [-0.2, -0.15) is 0 Å². The Hall–Kier alpha value is -1.62. The second kappa shape index (κ2) is 6.22. The van der Waals surface area contributed by atoms with Crippen molar-refractivity contribution >= 4 is 11.6 Å². The first-order valence-electron chi connectivity index (χ1n) is 6.88. The molecule has 5 heteroatoms. The van der Waals surface area contributed by atoms with Crippen LogP contribution in [0.15, 0.2) is 18.2 Å². The van der Waals surface area contributed by atoms with Crippen molar-refractivity contribution in [1.82, 2.24) is 0 Å². The minimum Gasteiger partial charge on any atom is -0.495 e. The molecule has 0 heterocycles. The molecule has 1 aromatic rings. The lowest BCUT2D eigenvalue weighted by molar-refractivity contribution is -0.122. The van der Waals surface area contributed by atoms with Gasteiger partial charge in [0.2, 0.25) is 5.91 Å². The lowest BCUT2D eigenvalue weighted by Crippen LogP contribution is -2.35. The first-order chi connectivity index (χ1) is 9.52. The molecule has 110 valence electrons. The van der Waals surface area contributed by atoms with Crippen LogP contribution in [0.5, 0.6) is 5.75 Å². The highest BCUT2D eigenvalue weighted by atomic mass is 19.1. The van der Waals surface area contributed by atoms with E-state index >= 15 is 0 Å². The topological polar surface area (TPSA) is 58.6 Å². The molecule has 1 saturated carbocycles. The van der Waals surface area contributed by atoms with E-state index in [1.165, 1.54) is 25.3 Å². The number of aliphatic hydroxyl groups is 1. The van der Waals surface area contributed by atoms with Crippen molar-refractivity contribution in [2.45, 2.75) is 44.1 Å². The van der Waals surface area contributed by atoms with E-state index < -0.39 is 11.4 Å². The van der Waals surface area contributed by atoms with Gasteiger partial charge >= 0.3 is 0 Å². The van der Waals surface area contributed by atoms with Crippen molar-refractivity contribution < 1.29 is 19.0 Å². The molecule has 1 fully saturated rings. The average molecular weight is 281 g/mol. The summed E-state index contributed by atoms with van der Waals surface area (Å²) in [4.78, 5) is 12.0. The Labute approximate surface area is 117 Å².